The van der Waals surface area contributed by atoms with Crippen LogP contribution in [0.3, 0.4) is 0 Å². The molecule has 0 saturated carbocycles. The molecule has 0 unspecified atom stereocenters. The first-order chi connectivity index (χ1) is 22.1. The minimum Gasteiger partial charge on any atom is -0.494 e. The molecule has 6 heteroatoms. The number of rotatable bonds is 9. The Morgan fingerprint density at radius 2 is 1.24 bits per heavy atom. The molecule has 0 radical (unpaired) electrons. The van der Waals surface area contributed by atoms with E-state index in [1.165, 1.54) is 10.9 Å². The lowest BCUT2D eigenvalue weighted by molar-refractivity contribution is 0.297. The maximum atomic E-state index is 14.0. The molecule has 2 aromatic heterocycles. The van der Waals surface area contributed by atoms with E-state index in [9.17, 15) is 9.90 Å². The molecule has 0 saturated heterocycles. The van der Waals surface area contributed by atoms with Gasteiger partial charge in [0.2, 0.25) is 5.88 Å². The van der Waals surface area contributed by atoms with E-state index >= 15 is 0 Å². The SMILES string of the molecule is Cn1c(COc2ccc(Cc3sc(=O)n(C(c4ccccc4)(c4ccccc4)c4ccccc4)c3O)cc2)cc2ccccc21. The zero-order valence-corrected chi connectivity index (χ0v) is 25.7. The third-order valence-corrected chi connectivity index (χ3v) is 9.42. The van der Waals surface area contributed by atoms with Gasteiger partial charge in [0.15, 0.2) is 0 Å². The number of aromatic nitrogens is 2. The Morgan fingerprint density at radius 1 is 0.711 bits per heavy atom. The molecule has 0 fully saturated rings. The highest BCUT2D eigenvalue weighted by Gasteiger charge is 2.42. The van der Waals surface area contributed by atoms with E-state index < -0.39 is 5.54 Å². The maximum Gasteiger partial charge on any atom is 0.311 e. The van der Waals surface area contributed by atoms with Crippen molar-refractivity contribution >= 4 is 22.2 Å². The number of benzene rings is 5. The fraction of sp³-hybridized carbons (Fsp3) is 0.103. The van der Waals surface area contributed by atoms with Gasteiger partial charge in [-0.3, -0.25) is 9.36 Å². The lowest BCUT2D eigenvalue weighted by Gasteiger charge is -2.37. The van der Waals surface area contributed by atoms with Crippen molar-refractivity contribution in [2.45, 2.75) is 18.6 Å². The van der Waals surface area contributed by atoms with Crippen LogP contribution in [-0.4, -0.2) is 14.2 Å². The van der Waals surface area contributed by atoms with Gasteiger partial charge >= 0.3 is 4.87 Å². The quantitative estimate of drug-likeness (QED) is 0.169. The molecule has 5 aromatic carbocycles. The third kappa shape index (κ3) is 5.13. The number of hydrogen-bond acceptors (Lipinski definition) is 4. The van der Waals surface area contributed by atoms with Crippen molar-refractivity contribution < 1.29 is 9.84 Å². The molecule has 0 spiro atoms. The summed E-state index contributed by atoms with van der Waals surface area (Å²) in [5.41, 5.74) is 4.83. The van der Waals surface area contributed by atoms with Gasteiger partial charge < -0.3 is 14.4 Å². The van der Waals surface area contributed by atoms with Gasteiger partial charge in [0.25, 0.3) is 0 Å². The second-order valence-electron chi connectivity index (χ2n) is 11.1. The van der Waals surface area contributed by atoms with E-state index in [0.29, 0.717) is 17.9 Å². The van der Waals surface area contributed by atoms with Crippen molar-refractivity contribution in [1.29, 1.82) is 0 Å². The lowest BCUT2D eigenvalue weighted by atomic mass is 9.76. The molecule has 222 valence electrons. The van der Waals surface area contributed by atoms with Gasteiger partial charge in [-0.2, -0.15) is 0 Å². The largest absolute Gasteiger partial charge is 0.494 e. The zero-order chi connectivity index (χ0) is 30.8. The summed E-state index contributed by atoms with van der Waals surface area (Å²) in [6.45, 7) is 0.455. The van der Waals surface area contributed by atoms with Crippen molar-refractivity contribution in [2.24, 2.45) is 7.05 Å². The van der Waals surface area contributed by atoms with E-state index in [1.54, 1.807) is 4.57 Å². The lowest BCUT2D eigenvalue weighted by Crippen LogP contribution is -2.42. The van der Waals surface area contributed by atoms with E-state index in [2.05, 4.69) is 29.8 Å². The Bertz CT molecular complexity index is 2020. The van der Waals surface area contributed by atoms with E-state index in [4.69, 9.17) is 4.74 Å². The van der Waals surface area contributed by atoms with Crippen LogP contribution in [-0.2, 0) is 25.6 Å². The summed E-state index contributed by atoms with van der Waals surface area (Å²) in [5.74, 6) is 0.730. The van der Waals surface area contributed by atoms with Crippen LogP contribution in [0.5, 0.6) is 11.6 Å². The Morgan fingerprint density at radius 3 is 1.80 bits per heavy atom. The average molecular weight is 609 g/mol. The molecule has 5 nitrogen and oxygen atoms in total. The fourth-order valence-corrected chi connectivity index (χ4v) is 7.22. The van der Waals surface area contributed by atoms with Gasteiger partial charge in [-0.05, 0) is 51.9 Å². The normalized spacial score (nSPS) is 11.6. The third-order valence-electron chi connectivity index (χ3n) is 8.49. The van der Waals surface area contributed by atoms with Crippen LogP contribution in [0, 0.1) is 0 Å². The van der Waals surface area contributed by atoms with Crippen molar-refractivity contribution in [2.75, 3.05) is 0 Å². The summed E-state index contributed by atoms with van der Waals surface area (Å²) in [4.78, 5) is 14.4. The molecule has 1 N–H and O–H groups in total. The highest BCUT2D eigenvalue weighted by molar-refractivity contribution is 7.09. The molecule has 0 atom stereocenters. The van der Waals surface area contributed by atoms with Crippen LogP contribution in [0.4, 0.5) is 0 Å². The number of aryl methyl sites for hydroxylation is 1. The Kier molecular flexibility index (Phi) is 7.57. The monoisotopic (exact) mass is 608 g/mol. The van der Waals surface area contributed by atoms with Crippen LogP contribution in [0.1, 0.15) is 32.8 Å². The summed E-state index contributed by atoms with van der Waals surface area (Å²) in [6.07, 6.45) is 0.413. The fourth-order valence-electron chi connectivity index (χ4n) is 6.27. The number of aromatic hydroxyl groups is 1. The summed E-state index contributed by atoms with van der Waals surface area (Å²) < 4.78 is 9.84. The first-order valence-corrected chi connectivity index (χ1v) is 15.7. The van der Waals surface area contributed by atoms with Gasteiger partial charge in [-0.1, -0.05) is 133 Å². The summed E-state index contributed by atoms with van der Waals surface area (Å²) >= 11 is 1.09. The van der Waals surface area contributed by atoms with Crippen molar-refractivity contribution in [3.63, 3.8) is 0 Å². The Balaban J connectivity index is 1.22. The molecule has 0 bridgehead atoms. The number of fused-ring (bicyclic) bond motifs is 1. The first-order valence-electron chi connectivity index (χ1n) is 14.9. The number of hydrogen-bond donors (Lipinski definition) is 1. The smallest absolute Gasteiger partial charge is 0.311 e. The molecule has 45 heavy (non-hydrogen) atoms. The molecule has 0 amide bonds. The van der Waals surface area contributed by atoms with Crippen molar-refractivity contribution in [3.8, 4) is 11.6 Å². The van der Waals surface area contributed by atoms with Crippen molar-refractivity contribution in [3.05, 3.63) is 188 Å². The van der Waals surface area contributed by atoms with Gasteiger partial charge in [-0.15, -0.1) is 0 Å². The van der Waals surface area contributed by atoms with Crippen LogP contribution in [0.25, 0.3) is 10.9 Å². The Hall–Kier alpha value is -5.33. The highest BCUT2D eigenvalue weighted by atomic mass is 32.1. The van der Waals surface area contributed by atoms with Crippen molar-refractivity contribution in [1.82, 2.24) is 9.13 Å². The second-order valence-corrected chi connectivity index (χ2v) is 12.2. The predicted octanol–water partition coefficient (Wildman–Crippen LogP) is 8.12. The molecular formula is C39H32N2O3S. The van der Waals surface area contributed by atoms with Gasteiger partial charge in [0.1, 0.15) is 17.9 Å². The van der Waals surface area contributed by atoms with E-state index in [-0.39, 0.29) is 10.8 Å². The Labute approximate surface area is 265 Å². The van der Waals surface area contributed by atoms with Gasteiger partial charge in [-0.25, -0.2) is 0 Å². The van der Waals surface area contributed by atoms with Gasteiger partial charge in [0.05, 0.1) is 10.6 Å². The number of thiazole rings is 1. The van der Waals surface area contributed by atoms with Crippen LogP contribution in [0.15, 0.2) is 150 Å². The molecule has 7 rings (SSSR count). The average Bonchev–Trinajstić information content (AvgIpc) is 3.56. The minimum atomic E-state index is -1.07. The molecule has 0 aliphatic carbocycles. The topological polar surface area (TPSA) is 56.4 Å². The summed E-state index contributed by atoms with van der Waals surface area (Å²) in [6, 6.07) is 48.1. The summed E-state index contributed by atoms with van der Waals surface area (Å²) in [7, 11) is 2.05. The highest BCUT2D eigenvalue weighted by Crippen LogP contribution is 2.43. The standard InChI is InChI=1S/C39H32N2O3S/c1-40-33(26-29-13-11-12-20-35(29)40)27-44-34-23-21-28(22-24-34)25-36-37(42)41(38(43)45-36)39(30-14-5-2-6-15-30,31-16-7-3-8-17-31)32-18-9-4-10-19-32/h2-24,26,42H,25,27H2,1H3. The van der Waals surface area contributed by atoms with Gasteiger partial charge in [0, 0.05) is 19.0 Å². The minimum absolute atomic E-state index is 0.0299. The maximum absolute atomic E-state index is 14.0. The van der Waals surface area contributed by atoms with Crippen LogP contribution in [0.2, 0.25) is 0 Å². The number of ether oxygens (including phenoxy) is 1. The van der Waals surface area contributed by atoms with Crippen LogP contribution >= 0.6 is 11.3 Å². The van der Waals surface area contributed by atoms with E-state index in [0.717, 1.165) is 45.0 Å². The number of nitrogens with zero attached hydrogens (tertiary/aromatic N) is 2. The van der Waals surface area contributed by atoms with E-state index in [1.807, 2.05) is 127 Å². The van der Waals surface area contributed by atoms with Crippen LogP contribution < -0.4 is 9.61 Å². The predicted molar refractivity (Wildman–Crippen MR) is 181 cm³/mol. The number of para-hydroxylation sites is 1. The second kappa shape index (κ2) is 12.0. The zero-order valence-electron chi connectivity index (χ0n) is 24.8. The molecular weight excluding hydrogens is 577 g/mol. The molecule has 0 aliphatic heterocycles. The molecule has 7 aromatic rings. The summed E-state index contributed by atoms with van der Waals surface area (Å²) in [5, 5.41) is 13.1. The first kappa shape index (κ1) is 28.4. The molecule has 0 aliphatic rings. The molecule has 2 heterocycles.